The topological polar surface area (TPSA) is 54.7 Å². The van der Waals surface area contributed by atoms with E-state index in [0.29, 0.717) is 0 Å². The Morgan fingerprint density at radius 2 is 1.94 bits per heavy atom. The Bertz CT molecular complexity index is 509. The van der Waals surface area contributed by atoms with Crippen LogP contribution in [-0.2, 0) is 12.8 Å². The molecular formula is C15H21N3. The summed E-state index contributed by atoms with van der Waals surface area (Å²) in [4.78, 5) is 7.95. The van der Waals surface area contributed by atoms with Crippen molar-refractivity contribution in [1.82, 2.24) is 9.97 Å². The Hall–Kier alpha value is -1.61. The van der Waals surface area contributed by atoms with E-state index in [-0.39, 0.29) is 6.04 Å². The van der Waals surface area contributed by atoms with Crippen LogP contribution in [0.3, 0.4) is 0 Å². The van der Waals surface area contributed by atoms with Gasteiger partial charge in [0.25, 0.3) is 0 Å². The van der Waals surface area contributed by atoms with Crippen LogP contribution in [0.5, 0.6) is 0 Å². The van der Waals surface area contributed by atoms with Gasteiger partial charge in [0.1, 0.15) is 5.82 Å². The van der Waals surface area contributed by atoms with Gasteiger partial charge >= 0.3 is 0 Å². The number of H-pyrrole nitrogens is 1. The van der Waals surface area contributed by atoms with Gasteiger partial charge in [-0.15, -0.1) is 0 Å². The van der Waals surface area contributed by atoms with Crippen LogP contribution in [0.25, 0.3) is 11.3 Å². The van der Waals surface area contributed by atoms with Gasteiger partial charge in [-0.3, -0.25) is 0 Å². The van der Waals surface area contributed by atoms with Crippen molar-refractivity contribution in [2.24, 2.45) is 5.73 Å². The largest absolute Gasteiger partial charge is 0.346 e. The molecule has 0 aliphatic rings. The highest BCUT2D eigenvalue weighted by atomic mass is 14.9. The molecule has 1 aromatic heterocycles. The van der Waals surface area contributed by atoms with Crippen molar-refractivity contribution in [3.8, 4) is 11.3 Å². The van der Waals surface area contributed by atoms with Gasteiger partial charge in [-0.25, -0.2) is 4.98 Å². The van der Waals surface area contributed by atoms with Crippen LogP contribution >= 0.6 is 0 Å². The van der Waals surface area contributed by atoms with E-state index in [9.17, 15) is 0 Å². The van der Waals surface area contributed by atoms with E-state index in [1.165, 1.54) is 5.56 Å². The van der Waals surface area contributed by atoms with Crippen LogP contribution in [0.1, 0.15) is 30.9 Å². The van der Waals surface area contributed by atoms with Gasteiger partial charge in [0, 0.05) is 23.7 Å². The zero-order valence-electron chi connectivity index (χ0n) is 11.3. The lowest BCUT2D eigenvalue weighted by Crippen LogP contribution is -2.18. The molecule has 1 heterocycles. The van der Waals surface area contributed by atoms with E-state index in [1.54, 1.807) is 0 Å². The van der Waals surface area contributed by atoms with Crippen molar-refractivity contribution in [2.45, 2.75) is 39.7 Å². The lowest BCUT2D eigenvalue weighted by atomic mass is 10.1. The Balaban J connectivity index is 2.29. The van der Waals surface area contributed by atoms with Crippen LogP contribution in [-0.4, -0.2) is 16.0 Å². The van der Waals surface area contributed by atoms with E-state index in [0.717, 1.165) is 35.6 Å². The van der Waals surface area contributed by atoms with Crippen molar-refractivity contribution in [2.75, 3.05) is 0 Å². The van der Waals surface area contributed by atoms with Crippen molar-refractivity contribution >= 4 is 0 Å². The van der Waals surface area contributed by atoms with Gasteiger partial charge in [-0.05, 0) is 25.8 Å². The maximum absolute atomic E-state index is 5.80. The molecule has 2 rings (SSSR count). The number of hydrogen-bond donors (Lipinski definition) is 2. The number of rotatable bonds is 4. The molecule has 0 aliphatic heterocycles. The number of imidazole rings is 1. The van der Waals surface area contributed by atoms with Crippen LogP contribution in [0, 0.1) is 6.92 Å². The summed E-state index contributed by atoms with van der Waals surface area (Å²) in [6, 6.07) is 8.73. The molecule has 96 valence electrons. The Morgan fingerprint density at radius 1 is 1.28 bits per heavy atom. The molecule has 0 aliphatic carbocycles. The fraction of sp³-hybridized carbons (Fsp3) is 0.400. The standard InChI is InChI=1S/C15H21N3/c1-4-12-5-7-13(8-6-12)15-11(3)17-14(18-15)9-10(2)16/h5-8,10H,4,9,16H2,1-3H3,(H,17,18). The summed E-state index contributed by atoms with van der Waals surface area (Å²) in [5.74, 6) is 0.970. The van der Waals surface area contributed by atoms with Crippen LogP contribution in [0.2, 0.25) is 0 Å². The molecular weight excluding hydrogens is 222 g/mol. The number of nitrogens with one attached hydrogen (secondary N) is 1. The van der Waals surface area contributed by atoms with Gasteiger partial charge < -0.3 is 10.7 Å². The third kappa shape index (κ3) is 2.79. The first-order valence-corrected chi connectivity index (χ1v) is 6.50. The zero-order valence-corrected chi connectivity index (χ0v) is 11.3. The quantitative estimate of drug-likeness (QED) is 0.867. The Labute approximate surface area is 108 Å². The number of aromatic amines is 1. The van der Waals surface area contributed by atoms with Crippen LogP contribution < -0.4 is 5.73 Å². The van der Waals surface area contributed by atoms with E-state index in [1.807, 2.05) is 6.92 Å². The fourth-order valence-corrected chi connectivity index (χ4v) is 2.10. The highest BCUT2D eigenvalue weighted by molar-refractivity contribution is 5.62. The van der Waals surface area contributed by atoms with Crippen molar-refractivity contribution in [3.05, 3.63) is 41.3 Å². The zero-order chi connectivity index (χ0) is 13.1. The molecule has 1 unspecified atom stereocenters. The van der Waals surface area contributed by atoms with Crippen molar-refractivity contribution in [1.29, 1.82) is 0 Å². The number of benzene rings is 1. The van der Waals surface area contributed by atoms with E-state index in [4.69, 9.17) is 5.73 Å². The lowest BCUT2D eigenvalue weighted by molar-refractivity contribution is 0.709. The predicted molar refractivity (Wildman–Crippen MR) is 75.5 cm³/mol. The molecule has 1 aromatic carbocycles. The second kappa shape index (κ2) is 5.36. The third-order valence-corrected chi connectivity index (χ3v) is 3.08. The summed E-state index contributed by atoms with van der Waals surface area (Å²) in [5, 5.41) is 0. The summed E-state index contributed by atoms with van der Waals surface area (Å²) in [5.41, 5.74) is 10.5. The molecule has 18 heavy (non-hydrogen) atoms. The molecule has 0 fully saturated rings. The summed E-state index contributed by atoms with van der Waals surface area (Å²) in [6.07, 6.45) is 1.85. The molecule has 3 heteroatoms. The second-order valence-electron chi connectivity index (χ2n) is 4.89. The van der Waals surface area contributed by atoms with Crippen LogP contribution in [0.15, 0.2) is 24.3 Å². The molecule has 3 N–H and O–H groups in total. The molecule has 0 bridgehead atoms. The maximum atomic E-state index is 5.80. The van der Waals surface area contributed by atoms with Gasteiger partial charge in [0.15, 0.2) is 0 Å². The summed E-state index contributed by atoms with van der Waals surface area (Å²) in [7, 11) is 0. The number of aromatic nitrogens is 2. The monoisotopic (exact) mass is 243 g/mol. The first-order valence-electron chi connectivity index (χ1n) is 6.50. The number of aryl methyl sites for hydroxylation is 2. The maximum Gasteiger partial charge on any atom is 0.108 e. The number of hydrogen-bond acceptors (Lipinski definition) is 2. The minimum atomic E-state index is 0.130. The van der Waals surface area contributed by atoms with Crippen molar-refractivity contribution < 1.29 is 0 Å². The predicted octanol–water partition coefficient (Wildman–Crippen LogP) is 2.84. The highest BCUT2D eigenvalue weighted by Crippen LogP contribution is 2.22. The number of nitrogens with zero attached hydrogens (tertiary/aromatic N) is 1. The minimum absolute atomic E-state index is 0.130. The summed E-state index contributed by atoms with van der Waals surface area (Å²) >= 11 is 0. The number of nitrogens with two attached hydrogens (primary N) is 1. The summed E-state index contributed by atoms with van der Waals surface area (Å²) < 4.78 is 0. The van der Waals surface area contributed by atoms with Crippen molar-refractivity contribution in [3.63, 3.8) is 0 Å². The van der Waals surface area contributed by atoms with Gasteiger partial charge in [-0.1, -0.05) is 31.2 Å². The average Bonchev–Trinajstić information content (AvgIpc) is 2.69. The fourth-order valence-electron chi connectivity index (χ4n) is 2.10. The van der Waals surface area contributed by atoms with Gasteiger partial charge in [-0.2, -0.15) is 0 Å². The Kier molecular flexibility index (Phi) is 3.82. The smallest absolute Gasteiger partial charge is 0.108 e. The molecule has 3 nitrogen and oxygen atoms in total. The minimum Gasteiger partial charge on any atom is -0.346 e. The van der Waals surface area contributed by atoms with Gasteiger partial charge in [0.05, 0.1) is 5.69 Å². The molecule has 0 radical (unpaired) electrons. The lowest BCUT2D eigenvalue weighted by Gasteiger charge is -2.01. The second-order valence-corrected chi connectivity index (χ2v) is 4.89. The average molecular weight is 243 g/mol. The SMILES string of the molecule is CCc1ccc(-c2nc(CC(C)N)[nH]c2C)cc1. The normalized spacial score (nSPS) is 12.7. The van der Waals surface area contributed by atoms with Gasteiger partial charge in [0.2, 0.25) is 0 Å². The third-order valence-electron chi connectivity index (χ3n) is 3.08. The molecule has 0 saturated carbocycles. The van der Waals surface area contributed by atoms with E-state index < -0.39 is 0 Å². The van der Waals surface area contributed by atoms with E-state index in [2.05, 4.69) is 48.1 Å². The Morgan fingerprint density at radius 3 is 2.50 bits per heavy atom. The summed E-state index contributed by atoms with van der Waals surface area (Å²) in [6.45, 7) is 6.21. The molecule has 0 saturated heterocycles. The molecule has 0 spiro atoms. The molecule has 0 amide bonds. The van der Waals surface area contributed by atoms with E-state index >= 15 is 0 Å². The molecule has 2 aromatic rings. The molecule has 1 atom stereocenters. The first-order chi connectivity index (χ1) is 8.60. The highest BCUT2D eigenvalue weighted by Gasteiger charge is 2.09. The van der Waals surface area contributed by atoms with Crippen LogP contribution in [0.4, 0.5) is 0 Å². The first kappa shape index (κ1) is 12.8.